The van der Waals surface area contributed by atoms with E-state index in [1.54, 1.807) is 0 Å². The molecule has 0 aromatic carbocycles. The number of nitrogens with zero attached hydrogens (tertiary/aromatic N) is 3. The number of nitrogens with one attached hydrogen (secondary N) is 2. The van der Waals surface area contributed by atoms with E-state index in [-0.39, 0.29) is 27.2 Å². The van der Waals surface area contributed by atoms with Gasteiger partial charge >= 0.3 is 0 Å². The summed E-state index contributed by atoms with van der Waals surface area (Å²) in [6.45, 7) is 21.9. The van der Waals surface area contributed by atoms with Crippen LogP contribution in [0.3, 0.4) is 0 Å². The van der Waals surface area contributed by atoms with Gasteiger partial charge in [0.2, 0.25) is 17.2 Å². The van der Waals surface area contributed by atoms with Crippen LogP contribution in [0.2, 0.25) is 5.28 Å². The van der Waals surface area contributed by atoms with E-state index in [2.05, 4.69) is 94.8 Å². The second kappa shape index (κ2) is 7.26. The summed E-state index contributed by atoms with van der Waals surface area (Å²) in [5, 5.41) is 7.00. The van der Waals surface area contributed by atoms with Gasteiger partial charge in [-0.1, -0.05) is 41.5 Å². The van der Waals surface area contributed by atoms with Gasteiger partial charge in [0, 0.05) is 11.1 Å². The summed E-state index contributed by atoms with van der Waals surface area (Å²) in [5.74, 6) is 1.01. The van der Waals surface area contributed by atoms with E-state index < -0.39 is 0 Å². The lowest BCUT2D eigenvalue weighted by atomic mass is 9.82. The van der Waals surface area contributed by atoms with E-state index in [1.165, 1.54) is 0 Å². The Balaban J connectivity index is 2.96. The van der Waals surface area contributed by atoms with Crippen molar-refractivity contribution in [1.29, 1.82) is 0 Å². The van der Waals surface area contributed by atoms with E-state index >= 15 is 0 Å². The Kier molecular flexibility index (Phi) is 6.37. The SMILES string of the molecule is CC(C)(C)CC(C)(C)Nc1nc(Cl)nc(NC(C)(C)CC(C)(C)C)n1. The van der Waals surface area contributed by atoms with E-state index in [4.69, 9.17) is 11.6 Å². The first-order valence-electron chi connectivity index (χ1n) is 8.94. The highest BCUT2D eigenvalue weighted by Gasteiger charge is 2.28. The van der Waals surface area contributed by atoms with Crippen molar-refractivity contribution in [3.63, 3.8) is 0 Å². The molecule has 0 radical (unpaired) electrons. The molecular formula is C19H36ClN5. The van der Waals surface area contributed by atoms with Gasteiger partial charge in [-0.15, -0.1) is 0 Å². The van der Waals surface area contributed by atoms with E-state index in [1.807, 2.05) is 0 Å². The van der Waals surface area contributed by atoms with E-state index in [0.717, 1.165) is 12.8 Å². The van der Waals surface area contributed by atoms with Crippen molar-refractivity contribution >= 4 is 23.5 Å². The maximum atomic E-state index is 6.13. The summed E-state index contributed by atoms with van der Waals surface area (Å²) in [7, 11) is 0. The summed E-state index contributed by atoms with van der Waals surface area (Å²) in [5.41, 5.74) is 0.0917. The lowest BCUT2D eigenvalue weighted by molar-refractivity contribution is 0.301. The summed E-state index contributed by atoms with van der Waals surface area (Å²) >= 11 is 6.13. The molecule has 1 rings (SSSR count). The van der Waals surface area contributed by atoms with Crippen LogP contribution in [-0.2, 0) is 0 Å². The molecule has 0 aliphatic carbocycles. The zero-order valence-corrected chi connectivity index (χ0v) is 18.4. The first-order chi connectivity index (χ1) is 11.0. The van der Waals surface area contributed by atoms with Gasteiger partial charge in [0.15, 0.2) is 0 Å². The molecule has 0 bridgehead atoms. The molecule has 1 aromatic rings. The Morgan fingerprint density at radius 2 is 0.960 bits per heavy atom. The highest BCUT2D eigenvalue weighted by molar-refractivity contribution is 6.28. The Labute approximate surface area is 158 Å². The van der Waals surface area contributed by atoms with Crippen molar-refractivity contribution in [1.82, 2.24) is 15.0 Å². The predicted molar refractivity (Wildman–Crippen MR) is 108 cm³/mol. The average molecular weight is 370 g/mol. The van der Waals surface area contributed by atoms with Gasteiger partial charge in [0.05, 0.1) is 0 Å². The largest absolute Gasteiger partial charge is 0.349 e. The number of halogens is 1. The molecule has 0 saturated carbocycles. The molecule has 6 heteroatoms. The van der Waals surface area contributed by atoms with Gasteiger partial charge in [0.1, 0.15) is 0 Å². The molecule has 0 spiro atoms. The van der Waals surface area contributed by atoms with Gasteiger partial charge < -0.3 is 10.6 Å². The number of rotatable bonds is 6. The second-order valence-corrected chi connectivity index (χ2v) is 11.1. The molecule has 2 N–H and O–H groups in total. The molecule has 0 unspecified atom stereocenters. The van der Waals surface area contributed by atoms with Gasteiger partial charge in [-0.05, 0) is 63.0 Å². The zero-order chi connectivity index (χ0) is 19.7. The fraction of sp³-hybridized carbons (Fsp3) is 0.842. The fourth-order valence-electron chi connectivity index (χ4n) is 3.81. The third-order valence-corrected chi connectivity index (χ3v) is 3.62. The molecule has 0 amide bonds. The molecule has 0 saturated heterocycles. The minimum absolute atomic E-state index is 0.152. The van der Waals surface area contributed by atoms with Crippen molar-refractivity contribution in [2.45, 2.75) is 93.2 Å². The van der Waals surface area contributed by atoms with Crippen LogP contribution < -0.4 is 10.6 Å². The maximum absolute atomic E-state index is 6.13. The summed E-state index contributed by atoms with van der Waals surface area (Å²) in [4.78, 5) is 13.0. The Morgan fingerprint density at radius 1 is 0.640 bits per heavy atom. The lowest BCUT2D eigenvalue weighted by Gasteiger charge is -2.34. The van der Waals surface area contributed by atoms with Crippen LogP contribution >= 0.6 is 11.6 Å². The molecule has 1 heterocycles. The summed E-state index contributed by atoms with van der Waals surface area (Å²) in [6, 6.07) is 0. The quantitative estimate of drug-likeness (QED) is 0.665. The van der Waals surface area contributed by atoms with Gasteiger partial charge in [-0.2, -0.15) is 15.0 Å². The van der Waals surface area contributed by atoms with Crippen LogP contribution in [0.5, 0.6) is 0 Å². The van der Waals surface area contributed by atoms with Crippen molar-refractivity contribution < 1.29 is 0 Å². The van der Waals surface area contributed by atoms with E-state index in [9.17, 15) is 0 Å². The standard InChI is InChI=1S/C19H36ClN5/c1-16(2,3)11-18(7,8)24-14-21-13(20)22-15(23-14)25-19(9,10)12-17(4,5)6/h11-12H2,1-10H3,(H2,21,22,23,24,25). The van der Waals surface area contributed by atoms with Crippen LogP contribution in [0.15, 0.2) is 0 Å². The minimum Gasteiger partial charge on any atom is -0.349 e. The van der Waals surface area contributed by atoms with Crippen molar-refractivity contribution in [2.24, 2.45) is 10.8 Å². The highest BCUT2D eigenvalue weighted by atomic mass is 35.5. The molecule has 0 aliphatic heterocycles. The molecule has 5 nitrogen and oxygen atoms in total. The summed E-state index contributed by atoms with van der Waals surface area (Å²) in [6.07, 6.45) is 1.95. The molecule has 1 aromatic heterocycles. The molecule has 0 atom stereocenters. The third-order valence-electron chi connectivity index (χ3n) is 3.45. The van der Waals surface area contributed by atoms with Crippen LogP contribution in [0.1, 0.15) is 82.1 Å². The van der Waals surface area contributed by atoms with Crippen LogP contribution in [-0.4, -0.2) is 26.0 Å². The fourth-order valence-corrected chi connectivity index (χ4v) is 3.97. The van der Waals surface area contributed by atoms with Crippen LogP contribution in [0.25, 0.3) is 0 Å². The maximum Gasteiger partial charge on any atom is 0.229 e. The second-order valence-electron chi connectivity index (χ2n) is 10.7. The Bertz CT molecular complexity index is 534. The number of hydrogen-bond donors (Lipinski definition) is 2. The first-order valence-corrected chi connectivity index (χ1v) is 9.32. The normalized spacial score (nSPS) is 13.7. The first kappa shape index (κ1) is 21.9. The summed E-state index contributed by atoms with van der Waals surface area (Å²) < 4.78 is 0. The minimum atomic E-state index is -0.152. The topological polar surface area (TPSA) is 62.7 Å². The average Bonchev–Trinajstić information content (AvgIpc) is 2.17. The number of anilines is 2. The zero-order valence-electron chi connectivity index (χ0n) is 17.6. The molecule has 0 aliphatic rings. The molecule has 144 valence electrons. The van der Waals surface area contributed by atoms with Gasteiger partial charge in [-0.3, -0.25) is 0 Å². The Hall–Kier alpha value is -1.10. The van der Waals surface area contributed by atoms with Crippen LogP contribution in [0.4, 0.5) is 11.9 Å². The van der Waals surface area contributed by atoms with Crippen LogP contribution in [0, 0.1) is 10.8 Å². The smallest absolute Gasteiger partial charge is 0.229 e. The number of aromatic nitrogens is 3. The molecular weight excluding hydrogens is 334 g/mol. The van der Waals surface area contributed by atoms with Crippen molar-refractivity contribution in [3.8, 4) is 0 Å². The van der Waals surface area contributed by atoms with Gasteiger partial charge in [-0.25, -0.2) is 0 Å². The van der Waals surface area contributed by atoms with Crippen molar-refractivity contribution in [2.75, 3.05) is 10.6 Å². The van der Waals surface area contributed by atoms with Gasteiger partial charge in [0.25, 0.3) is 0 Å². The molecule has 25 heavy (non-hydrogen) atoms. The predicted octanol–water partition coefficient (Wildman–Crippen LogP) is 5.78. The number of hydrogen-bond acceptors (Lipinski definition) is 5. The third kappa shape index (κ3) is 9.24. The lowest BCUT2D eigenvalue weighted by Crippen LogP contribution is -2.37. The van der Waals surface area contributed by atoms with E-state index in [0.29, 0.717) is 11.9 Å². The molecule has 0 fully saturated rings. The van der Waals surface area contributed by atoms with Crippen molar-refractivity contribution in [3.05, 3.63) is 5.28 Å². The monoisotopic (exact) mass is 369 g/mol. The Morgan fingerprint density at radius 3 is 1.24 bits per heavy atom. The highest BCUT2D eigenvalue weighted by Crippen LogP contribution is 2.31.